The third-order valence-corrected chi connectivity index (χ3v) is 4.98. The van der Waals surface area contributed by atoms with Crippen molar-refractivity contribution in [2.24, 2.45) is 0 Å². The number of hydrogen-bond acceptors (Lipinski definition) is 1. The summed E-state index contributed by atoms with van der Waals surface area (Å²) in [5, 5.41) is 14.0. The lowest BCUT2D eigenvalue weighted by Crippen LogP contribution is -2.32. The molecule has 0 fully saturated rings. The van der Waals surface area contributed by atoms with Gasteiger partial charge in [-0.2, -0.15) is 0 Å². The fourth-order valence-electron chi connectivity index (χ4n) is 3.78. The third-order valence-electron chi connectivity index (χ3n) is 4.98. The van der Waals surface area contributed by atoms with E-state index in [4.69, 9.17) is 0 Å². The lowest BCUT2D eigenvalue weighted by molar-refractivity contribution is 0.0619. The summed E-state index contributed by atoms with van der Waals surface area (Å²) in [6.45, 7) is 2.08. The van der Waals surface area contributed by atoms with Gasteiger partial charge >= 0.3 is 0 Å². The van der Waals surface area contributed by atoms with Gasteiger partial charge in [0.1, 0.15) is 5.60 Å². The zero-order chi connectivity index (χ0) is 15.2. The zero-order valence-electron chi connectivity index (χ0n) is 12.8. The Morgan fingerprint density at radius 1 is 0.909 bits per heavy atom. The summed E-state index contributed by atoms with van der Waals surface area (Å²) in [5.74, 6) is 0. The molecule has 3 aromatic carbocycles. The topological polar surface area (TPSA) is 20.2 Å². The summed E-state index contributed by atoms with van der Waals surface area (Å²) < 4.78 is 0. The first-order valence-corrected chi connectivity index (χ1v) is 7.99. The molecular weight excluding hydrogens is 268 g/mol. The lowest BCUT2D eigenvalue weighted by atomic mass is 9.73. The predicted molar refractivity (Wildman–Crippen MR) is 91.1 cm³/mol. The van der Waals surface area contributed by atoms with Crippen LogP contribution in [0.25, 0.3) is 10.8 Å². The van der Waals surface area contributed by atoms with Crippen LogP contribution in [0.15, 0.2) is 60.7 Å². The maximum atomic E-state index is 11.4. The predicted octanol–water partition coefficient (Wildman–Crippen LogP) is 4.72. The maximum absolute atomic E-state index is 11.4. The van der Waals surface area contributed by atoms with Crippen LogP contribution < -0.4 is 0 Å². The van der Waals surface area contributed by atoms with E-state index in [1.165, 1.54) is 21.9 Å². The van der Waals surface area contributed by atoms with Crippen LogP contribution >= 0.6 is 0 Å². The van der Waals surface area contributed by atoms with Crippen molar-refractivity contribution >= 4 is 10.8 Å². The number of benzene rings is 3. The van der Waals surface area contributed by atoms with E-state index in [1.807, 2.05) is 0 Å². The minimum atomic E-state index is -0.856. The maximum Gasteiger partial charge on any atom is 0.115 e. The monoisotopic (exact) mass is 288 g/mol. The highest BCUT2D eigenvalue weighted by Crippen LogP contribution is 2.42. The van der Waals surface area contributed by atoms with Crippen molar-refractivity contribution in [3.8, 4) is 0 Å². The van der Waals surface area contributed by atoms with Crippen molar-refractivity contribution in [1.29, 1.82) is 0 Å². The minimum Gasteiger partial charge on any atom is -0.380 e. The van der Waals surface area contributed by atoms with Crippen molar-refractivity contribution < 1.29 is 5.11 Å². The van der Waals surface area contributed by atoms with E-state index in [-0.39, 0.29) is 0 Å². The molecule has 0 aromatic heterocycles. The van der Waals surface area contributed by atoms with Crippen LogP contribution in [-0.2, 0) is 12.0 Å². The molecule has 0 aliphatic heterocycles. The molecule has 0 bridgehead atoms. The molecule has 0 heterocycles. The Kier molecular flexibility index (Phi) is 3.05. The van der Waals surface area contributed by atoms with E-state index >= 15 is 0 Å². The molecule has 1 aliphatic carbocycles. The summed E-state index contributed by atoms with van der Waals surface area (Å²) >= 11 is 0. The van der Waals surface area contributed by atoms with Gasteiger partial charge in [0.15, 0.2) is 0 Å². The van der Waals surface area contributed by atoms with Gasteiger partial charge in [0.05, 0.1) is 0 Å². The standard InChI is InChI=1S/C21H20O/c1-15-8-11-17(12-9-15)21(22)14-4-7-19-18-6-3-2-5-16(18)10-13-20(19)21/h2-3,5-6,8-13,22H,4,7,14H2,1H3. The molecular formula is C21H20O. The first-order chi connectivity index (χ1) is 10.7. The normalized spacial score (nSPS) is 20.8. The van der Waals surface area contributed by atoms with Gasteiger partial charge in [-0.25, -0.2) is 0 Å². The molecule has 0 saturated heterocycles. The largest absolute Gasteiger partial charge is 0.380 e. The molecule has 22 heavy (non-hydrogen) atoms. The molecule has 0 spiro atoms. The number of aliphatic hydroxyl groups is 1. The van der Waals surface area contributed by atoms with E-state index < -0.39 is 5.60 Å². The van der Waals surface area contributed by atoms with Crippen LogP contribution in [0.2, 0.25) is 0 Å². The van der Waals surface area contributed by atoms with Gasteiger partial charge in [-0.05, 0) is 53.6 Å². The van der Waals surface area contributed by atoms with Crippen LogP contribution in [0, 0.1) is 6.92 Å². The molecule has 0 saturated carbocycles. The van der Waals surface area contributed by atoms with Crippen molar-refractivity contribution in [1.82, 2.24) is 0 Å². The van der Waals surface area contributed by atoms with E-state index in [1.54, 1.807) is 0 Å². The fraction of sp³-hybridized carbons (Fsp3) is 0.238. The molecule has 110 valence electrons. The van der Waals surface area contributed by atoms with E-state index in [2.05, 4.69) is 67.6 Å². The first-order valence-electron chi connectivity index (χ1n) is 7.99. The summed E-state index contributed by atoms with van der Waals surface area (Å²) in [6, 6.07) is 21.1. The van der Waals surface area contributed by atoms with Gasteiger partial charge in [-0.3, -0.25) is 0 Å². The number of hydrogen-bond donors (Lipinski definition) is 1. The molecule has 1 unspecified atom stereocenters. The third kappa shape index (κ3) is 1.97. The molecule has 1 N–H and O–H groups in total. The van der Waals surface area contributed by atoms with Gasteiger partial charge in [-0.1, -0.05) is 66.2 Å². The number of rotatable bonds is 1. The van der Waals surface area contributed by atoms with Crippen molar-refractivity contribution in [3.05, 3.63) is 82.9 Å². The Labute approximate surface area is 131 Å². The number of aryl methyl sites for hydroxylation is 2. The molecule has 0 amide bonds. The summed E-state index contributed by atoms with van der Waals surface area (Å²) in [6.07, 6.45) is 2.86. The Hall–Kier alpha value is -2.12. The molecule has 4 rings (SSSR count). The van der Waals surface area contributed by atoms with Crippen LogP contribution in [0.3, 0.4) is 0 Å². The molecule has 1 aliphatic rings. The lowest BCUT2D eigenvalue weighted by Gasteiger charge is -2.36. The summed E-state index contributed by atoms with van der Waals surface area (Å²) in [5.41, 5.74) is 3.77. The Balaban J connectivity index is 1.95. The second-order valence-electron chi connectivity index (χ2n) is 6.39. The smallest absolute Gasteiger partial charge is 0.115 e. The van der Waals surface area contributed by atoms with Gasteiger partial charge in [0.2, 0.25) is 0 Å². The summed E-state index contributed by atoms with van der Waals surface area (Å²) in [4.78, 5) is 0. The zero-order valence-corrected chi connectivity index (χ0v) is 12.8. The quantitative estimate of drug-likeness (QED) is 0.687. The van der Waals surface area contributed by atoms with Crippen LogP contribution in [0.4, 0.5) is 0 Å². The van der Waals surface area contributed by atoms with E-state index in [9.17, 15) is 5.11 Å². The van der Waals surface area contributed by atoms with Gasteiger partial charge in [-0.15, -0.1) is 0 Å². The van der Waals surface area contributed by atoms with Gasteiger partial charge in [0, 0.05) is 0 Å². The van der Waals surface area contributed by atoms with Crippen molar-refractivity contribution in [3.63, 3.8) is 0 Å². The highest BCUT2D eigenvalue weighted by molar-refractivity contribution is 5.87. The SMILES string of the molecule is Cc1ccc(C2(O)CCCc3c2ccc2ccccc32)cc1. The van der Waals surface area contributed by atoms with Crippen molar-refractivity contribution in [2.45, 2.75) is 31.8 Å². The Morgan fingerprint density at radius 2 is 1.68 bits per heavy atom. The molecule has 0 radical (unpaired) electrons. The summed E-state index contributed by atoms with van der Waals surface area (Å²) in [7, 11) is 0. The Morgan fingerprint density at radius 3 is 2.50 bits per heavy atom. The van der Waals surface area contributed by atoms with E-state index in [0.29, 0.717) is 0 Å². The second-order valence-corrected chi connectivity index (χ2v) is 6.39. The first kappa shape index (κ1) is 13.5. The van der Waals surface area contributed by atoms with Gasteiger partial charge in [0.25, 0.3) is 0 Å². The molecule has 1 heteroatoms. The number of fused-ring (bicyclic) bond motifs is 3. The fourth-order valence-corrected chi connectivity index (χ4v) is 3.78. The highest BCUT2D eigenvalue weighted by atomic mass is 16.3. The van der Waals surface area contributed by atoms with Crippen LogP contribution in [0.5, 0.6) is 0 Å². The minimum absolute atomic E-state index is 0.793. The average molecular weight is 288 g/mol. The van der Waals surface area contributed by atoms with E-state index in [0.717, 1.165) is 30.4 Å². The molecule has 1 nitrogen and oxygen atoms in total. The van der Waals surface area contributed by atoms with Gasteiger partial charge < -0.3 is 5.11 Å². The highest BCUT2D eigenvalue weighted by Gasteiger charge is 2.36. The van der Waals surface area contributed by atoms with Crippen molar-refractivity contribution in [2.75, 3.05) is 0 Å². The second kappa shape index (κ2) is 4.96. The molecule has 1 atom stereocenters. The van der Waals surface area contributed by atoms with Crippen LogP contribution in [0.1, 0.15) is 35.1 Å². The molecule has 3 aromatic rings. The average Bonchev–Trinajstić information content (AvgIpc) is 2.55. The van der Waals surface area contributed by atoms with Crippen LogP contribution in [-0.4, -0.2) is 5.11 Å². The Bertz CT molecular complexity index is 832.